The summed E-state index contributed by atoms with van der Waals surface area (Å²) in [5.74, 6) is 2.20. The number of likely N-dealkylation sites (tertiary alicyclic amines) is 1. The van der Waals surface area contributed by atoms with Crippen molar-refractivity contribution in [3.05, 3.63) is 83.4 Å². The highest BCUT2D eigenvalue weighted by atomic mass is 19.1. The topological polar surface area (TPSA) is 62.2 Å². The van der Waals surface area contributed by atoms with Gasteiger partial charge in [0.25, 0.3) is 0 Å². The van der Waals surface area contributed by atoms with E-state index in [1.807, 2.05) is 30.3 Å². The molecule has 3 aromatic rings. The normalized spacial score (nSPS) is 23.0. The third kappa shape index (κ3) is 4.73. The third-order valence-electron chi connectivity index (χ3n) is 8.06. The Bertz CT molecular complexity index is 1360. The first-order valence-corrected chi connectivity index (χ1v) is 13.5. The first-order chi connectivity index (χ1) is 18.3. The van der Waals surface area contributed by atoms with E-state index in [1.165, 1.54) is 6.42 Å². The van der Waals surface area contributed by atoms with Gasteiger partial charge in [0.1, 0.15) is 41.4 Å². The number of allylic oxidation sites excluding steroid dienone is 1. The van der Waals surface area contributed by atoms with Gasteiger partial charge >= 0.3 is 0 Å². The molecule has 6 heteroatoms. The number of benzene rings is 3. The number of phenols is 2. The molecular formula is C32H34FNO4. The molecule has 1 aliphatic carbocycles. The van der Waals surface area contributed by atoms with Gasteiger partial charge < -0.3 is 19.7 Å². The Morgan fingerprint density at radius 2 is 1.82 bits per heavy atom. The van der Waals surface area contributed by atoms with Crippen LogP contribution in [0.1, 0.15) is 55.9 Å². The Hall–Kier alpha value is -3.51. The lowest BCUT2D eigenvalue weighted by molar-refractivity contribution is 0.169. The summed E-state index contributed by atoms with van der Waals surface area (Å²) in [6.07, 6.45) is 1.47. The van der Waals surface area contributed by atoms with E-state index in [0.717, 1.165) is 30.3 Å². The molecule has 0 spiro atoms. The number of halogens is 1. The standard InChI is InChI=1S/C32H34FNO4/c1-20-12-15-34(18-20)21(2)19-37-26-9-6-22(7-10-26)31-29(23-4-3-5-24(35)16-23)30(32(33)13-14-32)27-17-25(36)8-11-28(27)38-31/h3-11,16-17,20-21,31,35-36H,12-15,18-19H2,1-2H3/t20-,21+,31?/m1/s1. The quantitative estimate of drug-likeness (QED) is 0.364. The molecule has 38 heavy (non-hydrogen) atoms. The predicted octanol–water partition coefficient (Wildman–Crippen LogP) is 6.75. The predicted molar refractivity (Wildman–Crippen MR) is 146 cm³/mol. The lowest BCUT2D eigenvalue weighted by Crippen LogP contribution is -2.35. The largest absolute Gasteiger partial charge is 0.508 e. The van der Waals surface area contributed by atoms with Gasteiger partial charge in [0.05, 0.1) is 0 Å². The number of ether oxygens (including phenoxy) is 2. The van der Waals surface area contributed by atoms with E-state index in [0.29, 0.717) is 53.5 Å². The number of aromatic hydroxyl groups is 2. The fourth-order valence-electron chi connectivity index (χ4n) is 5.76. The summed E-state index contributed by atoms with van der Waals surface area (Å²) in [4.78, 5) is 2.47. The van der Waals surface area contributed by atoms with Crippen molar-refractivity contribution >= 4 is 11.1 Å². The Balaban J connectivity index is 1.34. The zero-order valence-electron chi connectivity index (χ0n) is 21.9. The van der Waals surface area contributed by atoms with Gasteiger partial charge in [-0.3, -0.25) is 4.90 Å². The molecule has 3 aromatic carbocycles. The van der Waals surface area contributed by atoms with Crippen LogP contribution < -0.4 is 9.47 Å². The number of rotatable bonds is 7. The third-order valence-corrected chi connectivity index (χ3v) is 8.06. The maximum Gasteiger partial charge on any atom is 0.150 e. The second kappa shape index (κ2) is 9.66. The fraction of sp³-hybridized carbons (Fsp3) is 0.375. The highest BCUT2D eigenvalue weighted by molar-refractivity contribution is 6.00. The van der Waals surface area contributed by atoms with Crippen LogP contribution in [0.25, 0.3) is 11.1 Å². The number of alkyl halides is 1. The van der Waals surface area contributed by atoms with Gasteiger partial charge in [-0.2, -0.15) is 0 Å². The summed E-state index contributed by atoms with van der Waals surface area (Å²) in [6, 6.07) is 19.8. The molecule has 3 atom stereocenters. The average Bonchev–Trinajstić information content (AvgIpc) is 3.51. The molecule has 3 aliphatic rings. The minimum atomic E-state index is -1.50. The molecule has 2 fully saturated rings. The number of fused-ring (bicyclic) bond motifs is 1. The van der Waals surface area contributed by atoms with Crippen molar-refractivity contribution in [2.45, 2.75) is 50.9 Å². The van der Waals surface area contributed by atoms with Crippen LogP contribution in [0.2, 0.25) is 0 Å². The minimum Gasteiger partial charge on any atom is -0.508 e. The summed E-state index contributed by atoms with van der Waals surface area (Å²) >= 11 is 0. The van der Waals surface area contributed by atoms with Gasteiger partial charge in [-0.25, -0.2) is 4.39 Å². The molecule has 198 valence electrons. The minimum absolute atomic E-state index is 0.0573. The molecule has 0 radical (unpaired) electrons. The summed E-state index contributed by atoms with van der Waals surface area (Å²) in [6.45, 7) is 7.34. The van der Waals surface area contributed by atoms with Crippen LogP contribution in [0.4, 0.5) is 4.39 Å². The molecule has 2 N–H and O–H groups in total. The average molecular weight is 516 g/mol. The lowest BCUT2D eigenvalue weighted by Gasteiger charge is -2.33. The van der Waals surface area contributed by atoms with E-state index in [-0.39, 0.29) is 11.5 Å². The van der Waals surface area contributed by atoms with Crippen molar-refractivity contribution in [3.8, 4) is 23.0 Å². The number of hydrogen-bond acceptors (Lipinski definition) is 5. The molecule has 6 rings (SSSR count). The summed E-state index contributed by atoms with van der Waals surface area (Å²) < 4.78 is 28.6. The monoisotopic (exact) mass is 515 g/mol. The summed E-state index contributed by atoms with van der Waals surface area (Å²) in [5.41, 5.74) is 1.81. The van der Waals surface area contributed by atoms with Crippen molar-refractivity contribution in [3.63, 3.8) is 0 Å². The smallest absolute Gasteiger partial charge is 0.150 e. The fourth-order valence-corrected chi connectivity index (χ4v) is 5.76. The van der Waals surface area contributed by atoms with E-state index in [9.17, 15) is 10.2 Å². The van der Waals surface area contributed by atoms with E-state index < -0.39 is 11.8 Å². The van der Waals surface area contributed by atoms with Gasteiger partial charge in [-0.05, 0) is 92.2 Å². The van der Waals surface area contributed by atoms with Crippen molar-refractivity contribution in [1.29, 1.82) is 0 Å². The maximum atomic E-state index is 16.0. The van der Waals surface area contributed by atoms with Gasteiger partial charge in [0, 0.05) is 29.3 Å². The van der Waals surface area contributed by atoms with E-state index in [1.54, 1.807) is 36.4 Å². The van der Waals surface area contributed by atoms with E-state index >= 15 is 4.39 Å². The second-order valence-electron chi connectivity index (χ2n) is 11.1. The Labute approximate surface area is 223 Å². The highest BCUT2D eigenvalue weighted by Crippen LogP contribution is 2.59. The molecule has 5 nitrogen and oxygen atoms in total. The molecule has 2 heterocycles. The summed E-state index contributed by atoms with van der Waals surface area (Å²) in [7, 11) is 0. The molecular weight excluding hydrogens is 481 g/mol. The van der Waals surface area contributed by atoms with Crippen LogP contribution in [0, 0.1) is 5.92 Å². The van der Waals surface area contributed by atoms with Gasteiger partial charge in [0.2, 0.25) is 0 Å². The van der Waals surface area contributed by atoms with Crippen LogP contribution in [0.15, 0.2) is 66.7 Å². The Morgan fingerprint density at radius 3 is 2.50 bits per heavy atom. The number of nitrogens with zero attached hydrogens (tertiary/aromatic N) is 1. The van der Waals surface area contributed by atoms with Crippen molar-refractivity contribution in [2.75, 3.05) is 19.7 Å². The molecule has 0 aromatic heterocycles. The van der Waals surface area contributed by atoms with Crippen molar-refractivity contribution in [2.24, 2.45) is 5.92 Å². The van der Waals surface area contributed by atoms with Crippen LogP contribution in [0.5, 0.6) is 23.0 Å². The molecule has 1 saturated carbocycles. The van der Waals surface area contributed by atoms with E-state index in [4.69, 9.17) is 9.47 Å². The Kier molecular flexibility index (Phi) is 6.31. The Morgan fingerprint density at radius 1 is 1.05 bits per heavy atom. The highest BCUT2D eigenvalue weighted by Gasteiger charge is 2.52. The SMILES string of the molecule is C[C@@H]1CCN([C@@H](C)COc2ccc(C3Oc4ccc(O)cc4C(C4(F)CC4)=C3c3cccc(O)c3)cc2)C1. The lowest BCUT2D eigenvalue weighted by atomic mass is 9.82. The van der Waals surface area contributed by atoms with Crippen LogP contribution in [-0.2, 0) is 0 Å². The van der Waals surface area contributed by atoms with Gasteiger partial charge in [0.15, 0.2) is 0 Å². The first-order valence-electron chi connectivity index (χ1n) is 13.5. The zero-order valence-corrected chi connectivity index (χ0v) is 21.9. The summed E-state index contributed by atoms with van der Waals surface area (Å²) in [5, 5.41) is 20.5. The molecule has 2 aliphatic heterocycles. The second-order valence-corrected chi connectivity index (χ2v) is 11.1. The van der Waals surface area contributed by atoms with Crippen LogP contribution in [0.3, 0.4) is 0 Å². The van der Waals surface area contributed by atoms with E-state index in [2.05, 4.69) is 18.7 Å². The van der Waals surface area contributed by atoms with Crippen molar-refractivity contribution in [1.82, 2.24) is 4.90 Å². The molecule has 0 amide bonds. The molecule has 0 bridgehead atoms. The van der Waals surface area contributed by atoms with Gasteiger partial charge in [-0.15, -0.1) is 0 Å². The number of phenolic OH excluding ortho intramolecular Hbond substituents is 2. The molecule has 1 unspecified atom stereocenters. The first kappa shape index (κ1) is 24.8. The maximum absolute atomic E-state index is 16.0. The van der Waals surface area contributed by atoms with Crippen LogP contribution >= 0.6 is 0 Å². The number of hydrogen-bond donors (Lipinski definition) is 2. The van der Waals surface area contributed by atoms with Crippen molar-refractivity contribution < 1.29 is 24.1 Å². The zero-order chi connectivity index (χ0) is 26.4. The molecule has 1 saturated heterocycles. The van der Waals surface area contributed by atoms with Crippen LogP contribution in [-0.4, -0.2) is 46.5 Å². The van der Waals surface area contributed by atoms with Gasteiger partial charge in [-0.1, -0.05) is 31.2 Å².